The van der Waals surface area contributed by atoms with Crippen LogP contribution in [0.5, 0.6) is 0 Å². The van der Waals surface area contributed by atoms with Crippen LogP contribution in [0.1, 0.15) is 43.5 Å². The maximum Gasteiger partial charge on any atom is 0.345 e. The molecule has 1 saturated heterocycles. The van der Waals surface area contributed by atoms with Crippen LogP contribution in [0, 0.1) is 5.82 Å². The molecule has 8 heteroatoms. The molecule has 0 bridgehead atoms. The van der Waals surface area contributed by atoms with Gasteiger partial charge in [0.2, 0.25) is 5.91 Å². The van der Waals surface area contributed by atoms with Gasteiger partial charge < -0.3 is 5.32 Å². The summed E-state index contributed by atoms with van der Waals surface area (Å²) in [7, 11) is 1.70. The molecule has 1 aromatic carbocycles. The lowest BCUT2D eigenvalue weighted by molar-refractivity contribution is -0.117. The van der Waals surface area contributed by atoms with Crippen molar-refractivity contribution in [2.24, 2.45) is 7.05 Å². The lowest BCUT2D eigenvalue weighted by atomic mass is 9.96. The number of nitrogens with zero attached hydrogens (tertiary/aromatic N) is 4. The Hall–Kier alpha value is -2.48. The van der Waals surface area contributed by atoms with Crippen LogP contribution in [-0.2, 0) is 11.8 Å². The van der Waals surface area contributed by atoms with E-state index in [1.165, 1.54) is 16.8 Å². The summed E-state index contributed by atoms with van der Waals surface area (Å²) < 4.78 is 16.5. The molecule has 4 rings (SSSR count). The number of anilines is 1. The average molecular weight is 373 g/mol. The van der Waals surface area contributed by atoms with Crippen molar-refractivity contribution in [1.82, 2.24) is 19.2 Å². The maximum atomic E-state index is 13.2. The Kier molecular flexibility index (Phi) is 4.82. The third kappa shape index (κ3) is 3.95. The number of nitrogens with one attached hydrogen (secondary N) is 1. The van der Waals surface area contributed by atoms with Crippen molar-refractivity contribution in [2.45, 2.75) is 37.6 Å². The second-order valence-corrected chi connectivity index (χ2v) is 7.47. The van der Waals surface area contributed by atoms with E-state index in [1.54, 1.807) is 19.2 Å². The molecule has 1 aromatic heterocycles. The molecular formula is C19H24FN5O2. The van der Waals surface area contributed by atoms with E-state index in [4.69, 9.17) is 0 Å². The smallest absolute Gasteiger partial charge is 0.325 e. The minimum absolute atomic E-state index is 0.0237. The van der Waals surface area contributed by atoms with Crippen LogP contribution in [0.15, 0.2) is 29.1 Å². The van der Waals surface area contributed by atoms with Crippen LogP contribution in [0.4, 0.5) is 10.1 Å². The molecular weight excluding hydrogens is 349 g/mol. The summed E-state index contributed by atoms with van der Waals surface area (Å²) >= 11 is 0. The second kappa shape index (κ2) is 7.26. The fourth-order valence-corrected chi connectivity index (χ4v) is 3.77. The Morgan fingerprint density at radius 2 is 2.00 bits per heavy atom. The number of likely N-dealkylation sites (tertiary alicyclic amines) is 1. The van der Waals surface area contributed by atoms with Gasteiger partial charge in [-0.3, -0.25) is 14.3 Å². The number of carbonyl (C=O) groups is 1. The molecule has 1 N–H and O–H groups in total. The maximum absolute atomic E-state index is 13.2. The summed E-state index contributed by atoms with van der Waals surface area (Å²) in [5, 5.41) is 7.21. The first-order valence-corrected chi connectivity index (χ1v) is 9.44. The van der Waals surface area contributed by atoms with Crippen LogP contribution in [0.3, 0.4) is 0 Å². The molecule has 144 valence electrons. The number of halogens is 1. The molecule has 0 spiro atoms. The zero-order chi connectivity index (χ0) is 19.0. The highest BCUT2D eigenvalue weighted by atomic mass is 19.1. The number of piperidine rings is 1. The standard InChI is InChI=1S/C19H24FN5O2/c1-23-19(27)25(16-5-6-16)18(22-23)13-7-9-24(10-8-13)12-17(26)21-15-4-2-3-14(20)11-15/h2-4,11,13,16H,5-10,12H2,1H3,(H,21,26). The lowest BCUT2D eigenvalue weighted by Crippen LogP contribution is -2.39. The minimum atomic E-state index is -0.370. The van der Waals surface area contributed by atoms with Crippen molar-refractivity contribution in [2.75, 3.05) is 25.0 Å². The molecule has 0 radical (unpaired) electrons. The summed E-state index contributed by atoms with van der Waals surface area (Å²) in [6.07, 6.45) is 3.85. The van der Waals surface area contributed by atoms with E-state index in [2.05, 4.69) is 15.3 Å². The van der Waals surface area contributed by atoms with Crippen molar-refractivity contribution in [3.05, 3.63) is 46.4 Å². The van der Waals surface area contributed by atoms with E-state index in [0.717, 1.165) is 44.6 Å². The van der Waals surface area contributed by atoms with Gasteiger partial charge in [-0.05, 0) is 57.0 Å². The number of aromatic nitrogens is 3. The van der Waals surface area contributed by atoms with E-state index < -0.39 is 0 Å². The molecule has 1 aliphatic carbocycles. The number of rotatable bonds is 5. The predicted molar refractivity (Wildman–Crippen MR) is 99.2 cm³/mol. The summed E-state index contributed by atoms with van der Waals surface area (Å²) in [4.78, 5) is 26.6. The fraction of sp³-hybridized carbons (Fsp3) is 0.526. The van der Waals surface area contributed by atoms with E-state index in [-0.39, 0.29) is 29.9 Å². The van der Waals surface area contributed by atoms with Gasteiger partial charge in [0.1, 0.15) is 11.6 Å². The van der Waals surface area contributed by atoms with Gasteiger partial charge in [0.25, 0.3) is 0 Å². The molecule has 1 saturated carbocycles. The monoisotopic (exact) mass is 373 g/mol. The fourth-order valence-electron chi connectivity index (χ4n) is 3.77. The Bertz CT molecular complexity index is 894. The normalized spacial score (nSPS) is 18.6. The average Bonchev–Trinajstić information content (AvgIpc) is 3.42. The highest BCUT2D eigenvalue weighted by Gasteiger charge is 2.33. The highest BCUT2D eigenvalue weighted by Crippen LogP contribution is 2.37. The van der Waals surface area contributed by atoms with Crippen molar-refractivity contribution in [3.8, 4) is 0 Å². The van der Waals surface area contributed by atoms with Crippen LogP contribution < -0.4 is 11.0 Å². The Balaban J connectivity index is 1.33. The number of carbonyl (C=O) groups excluding carboxylic acids is 1. The number of benzene rings is 1. The third-order valence-electron chi connectivity index (χ3n) is 5.32. The third-order valence-corrected chi connectivity index (χ3v) is 5.32. The van der Waals surface area contributed by atoms with Gasteiger partial charge in [0.15, 0.2) is 0 Å². The summed E-state index contributed by atoms with van der Waals surface area (Å²) in [6, 6.07) is 6.21. The molecule has 2 aliphatic rings. The molecule has 0 atom stereocenters. The second-order valence-electron chi connectivity index (χ2n) is 7.47. The van der Waals surface area contributed by atoms with Crippen molar-refractivity contribution in [1.29, 1.82) is 0 Å². The first kappa shape index (κ1) is 17.9. The summed E-state index contributed by atoms with van der Waals surface area (Å²) in [5.74, 6) is 0.633. The van der Waals surface area contributed by atoms with Gasteiger partial charge in [0.05, 0.1) is 6.54 Å². The van der Waals surface area contributed by atoms with Crippen LogP contribution in [0.25, 0.3) is 0 Å². The molecule has 1 aliphatic heterocycles. The molecule has 2 aromatic rings. The molecule has 27 heavy (non-hydrogen) atoms. The van der Waals surface area contributed by atoms with E-state index >= 15 is 0 Å². The van der Waals surface area contributed by atoms with Crippen molar-refractivity contribution >= 4 is 11.6 Å². The van der Waals surface area contributed by atoms with Gasteiger partial charge in [0, 0.05) is 24.7 Å². The summed E-state index contributed by atoms with van der Waals surface area (Å²) in [5.41, 5.74) is 0.446. The minimum Gasteiger partial charge on any atom is -0.325 e. The van der Waals surface area contributed by atoms with E-state index in [9.17, 15) is 14.0 Å². The highest BCUT2D eigenvalue weighted by molar-refractivity contribution is 5.92. The molecule has 1 amide bonds. The quantitative estimate of drug-likeness (QED) is 0.869. The zero-order valence-corrected chi connectivity index (χ0v) is 15.4. The van der Waals surface area contributed by atoms with Gasteiger partial charge in [-0.15, -0.1) is 0 Å². The molecule has 7 nitrogen and oxygen atoms in total. The number of aryl methyl sites for hydroxylation is 1. The topological polar surface area (TPSA) is 72.2 Å². The summed E-state index contributed by atoms with van der Waals surface area (Å²) in [6.45, 7) is 1.83. The van der Waals surface area contributed by atoms with Gasteiger partial charge in [-0.25, -0.2) is 13.9 Å². The first-order chi connectivity index (χ1) is 13.0. The van der Waals surface area contributed by atoms with E-state index in [1.807, 2.05) is 4.57 Å². The Morgan fingerprint density at radius 3 is 2.67 bits per heavy atom. The number of hydrogen-bond acceptors (Lipinski definition) is 4. The molecule has 0 unspecified atom stereocenters. The SMILES string of the molecule is Cn1nc(C2CCN(CC(=O)Nc3cccc(F)c3)CC2)n(C2CC2)c1=O. The Labute approximate surface area is 156 Å². The van der Waals surface area contributed by atoms with Gasteiger partial charge in [-0.2, -0.15) is 5.10 Å². The van der Waals surface area contributed by atoms with Crippen LogP contribution in [0.2, 0.25) is 0 Å². The van der Waals surface area contributed by atoms with E-state index in [0.29, 0.717) is 11.7 Å². The van der Waals surface area contributed by atoms with Gasteiger partial charge >= 0.3 is 5.69 Å². The number of amides is 1. The van der Waals surface area contributed by atoms with Crippen LogP contribution >= 0.6 is 0 Å². The lowest BCUT2D eigenvalue weighted by Gasteiger charge is -2.31. The van der Waals surface area contributed by atoms with Crippen molar-refractivity contribution < 1.29 is 9.18 Å². The largest absolute Gasteiger partial charge is 0.345 e. The first-order valence-electron chi connectivity index (χ1n) is 9.44. The predicted octanol–water partition coefficient (Wildman–Crippen LogP) is 1.87. The Morgan fingerprint density at radius 1 is 1.26 bits per heavy atom. The van der Waals surface area contributed by atoms with Crippen LogP contribution in [-0.4, -0.2) is 44.8 Å². The number of hydrogen-bond donors (Lipinski definition) is 1. The van der Waals surface area contributed by atoms with Crippen molar-refractivity contribution in [3.63, 3.8) is 0 Å². The van der Waals surface area contributed by atoms with Gasteiger partial charge in [-0.1, -0.05) is 6.07 Å². The molecule has 2 fully saturated rings. The molecule has 2 heterocycles. The zero-order valence-electron chi connectivity index (χ0n) is 15.4.